The molecule has 0 aliphatic heterocycles. The van der Waals surface area contributed by atoms with E-state index >= 15 is 0 Å². The third-order valence-corrected chi connectivity index (χ3v) is 3.27. The molecule has 0 heterocycles. The zero-order valence-corrected chi connectivity index (χ0v) is 7.32. The molecular formula is C5H7F3O4S. The monoisotopic (exact) mass is 220 g/mol. The van der Waals surface area contributed by atoms with Crippen molar-refractivity contribution in [3.8, 4) is 0 Å². The van der Waals surface area contributed by atoms with Crippen molar-refractivity contribution >= 4 is 15.8 Å². The lowest BCUT2D eigenvalue weighted by atomic mass is 10.3. The Bertz CT molecular complexity index is 291. The van der Waals surface area contributed by atoms with Crippen molar-refractivity contribution in [3.05, 3.63) is 0 Å². The molecule has 0 bridgehead atoms. The number of halogens is 3. The molecule has 0 fully saturated rings. The topological polar surface area (TPSA) is 71.4 Å². The van der Waals surface area contributed by atoms with Crippen LogP contribution in [0, 0.1) is 0 Å². The Kier molecular flexibility index (Phi) is 3.31. The summed E-state index contributed by atoms with van der Waals surface area (Å²) in [5, 5.41) is 5.78. The molecule has 8 heteroatoms. The van der Waals surface area contributed by atoms with Crippen molar-refractivity contribution in [1.82, 2.24) is 0 Å². The van der Waals surface area contributed by atoms with Crippen molar-refractivity contribution in [2.45, 2.75) is 24.1 Å². The average molecular weight is 220 g/mol. The van der Waals surface area contributed by atoms with Gasteiger partial charge in [-0.05, 0) is 6.42 Å². The van der Waals surface area contributed by atoms with Crippen LogP contribution >= 0.6 is 0 Å². The summed E-state index contributed by atoms with van der Waals surface area (Å²) in [5.41, 5.74) is -5.51. The number of hydrogen-bond acceptors (Lipinski definition) is 3. The molecule has 0 radical (unpaired) electrons. The second kappa shape index (κ2) is 3.52. The van der Waals surface area contributed by atoms with Gasteiger partial charge in [0.1, 0.15) is 0 Å². The first-order valence-electron chi connectivity index (χ1n) is 3.17. The normalized spacial score (nSPS) is 15.4. The van der Waals surface area contributed by atoms with E-state index in [0.717, 1.165) is 6.92 Å². The average Bonchev–Trinajstić information content (AvgIpc) is 1.83. The van der Waals surface area contributed by atoms with E-state index in [9.17, 15) is 26.4 Å². The molecule has 0 saturated carbocycles. The Morgan fingerprint density at radius 1 is 1.46 bits per heavy atom. The van der Waals surface area contributed by atoms with Gasteiger partial charge in [-0.3, -0.25) is 4.79 Å². The van der Waals surface area contributed by atoms with E-state index in [-0.39, 0.29) is 0 Å². The highest BCUT2D eigenvalue weighted by Crippen LogP contribution is 2.28. The van der Waals surface area contributed by atoms with Crippen LogP contribution in [0.5, 0.6) is 0 Å². The first kappa shape index (κ1) is 12.2. The van der Waals surface area contributed by atoms with Crippen LogP contribution in [0.3, 0.4) is 0 Å². The van der Waals surface area contributed by atoms with Crippen LogP contribution in [0.4, 0.5) is 13.2 Å². The van der Waals surface area contributed by atoms with E-state index in [0.29, 0.717) is 0 Å². The van der Waals surface area contributed by atoms with Gasteiger partial charge in [0, 0.05) is 0 Å². The first-order valence-corrected chi connectivity index (χ1v) is 4.72. The van der Waals surface area contributed by atoms with Crippen molar-refractivity contribution in [2.75, 3.05) is 0 Å². The fourth-order valence-corrected chi connectivity index (χ4v) is 1.71. The maximum Gasteiger partial charge on any atom is 0.498 e. The van der Waals surface area contributed by atoms with Crippen LogP contribution in [-0.4, -0.2) is 30.3 Å². The Labute approximate surface area is 72.3 Å². The van der Waals surface area contributed by atoms with Gasteiger partial charge in [0.15, 0.2) is 5.25 Å². The first-order chi connectivity index (χ1) is 5.64. The maximum absolute atomic E-state index is 11.8. The minimum absolute atomic E-state index is 0.614. The third kappa shape index (κ3) is 2.33. The van der Waals surface area contributed by atoms with Crippen LogP contribution in [0.1, 0.15) is 13.3 Å². The summed E-state index contributed by atoms with van der Waals surface area (Å²) in [6.45, 7) is 1.06. The highest BCUT2D eigenvalue weighted by atomic mass is 32.2. The SMILES string of the molecule is CC[C@H](C(=O)O)S(=O)(=O)C(F)(F)F. The molecule has 0 rings (SSSR count). The maximum atomic E-state index is 11.8. The highest BCUT2D eigenvalue weighted by molar-refractivity contribution is 7.93. The summed E-state index contributed by atoms with van der Waals surface area (Å²) in [7, 11) is -5.59. The standard InChI is InChI=1S/C5H7F3O4S/c1-2-3(4(9)10)13(11,12)5(6,7)8/h3H,2H2,1H3,(H,9,10)/t3-/m1/s1. The second-order valence-electron chi connectivity index (χ2n) is 2.23. The zero-order chi connectivity index (χ0) is 10.9. The molecule has 1 N–H and O–H groups in total. The Balaban J connectivity index is 5.15. The van der Waals surface area contributed by atoms with Crippen LogP contribution in [0.25, 0.3) is 0 Å². The van der Waals surface area contributed by atoms with E-state index in [1.54, 1.807) is 0 Å². The predicted octanol–water partition coefficient (Wildman–Crippen LogP) is 0.784. The number of rotatable bonds is 3. The van der Waals surface area contributed by atoms with E-state index in [2.05, 4.69) is 0 Å². The minimum Gasteiger partial charge on any atom is -0.480 e. The largest absolute Gasteiger partial charge is 0.498 e. The molecule has 0 aliphatic carbocycles. The summed E-state index contributed by atoms with van der Waals surface area (Å²) in [4.78, 5) is 10.1. The van der Waals surface area contributed by atoms with Gasteiger partial charge in [-0.25, -0.2) is 8.42 Å². The summed E-state index contributed by atoms with van der Waals surface area (Å²) >= 11 is 0. The van der Waals surface area contributed by atoms with Crippen LogP contribution in [0.2, 0.25) is 0 Å². The number of carbonyl (C=O) groups is 1. The minimum atomic E-state index is -5.59. The summed E-state index contributed by atoms with van der Waals surface area (Å²) < 4.78 is 56.4. The number of sulfone groups is 1. The predicted molar refractivity (Wildman–Crippen MR) is 36.7 cm³/mol. The van der Waals surface area contributed by atoms with Crippen molar-refractivity contribution in [3.63, 3.8) is 0 Å². The lowest BCUT2D eigenvalue weighted by molar-refractivity contribution is -0.137. The molecule has 0 aromatic carbocycles. The number of carboxylic acid groups (broad SMARTS) is 1. The van der Waals surface area contributed by atoms with Gasteiger partial charge in [-0.15, -0.1) is 0 Å². The van der Waals surface area contributed by atoms with E-state index in [1.165, 1.54) is 0 Å². The number of aliphatic carboxylic acids is 1. The summed E-state index contributed by atoms with van der Waals surface area (Å²) in [6.07, 6.45) is -0.614. The Morgan fingerprint density at radius 2 is 1.85 bits per heavy atom. The molecule has 1 atom stereocenters. The highest BCUT2D eigenvalue weighted by Gasteiger charge is 2.52. The van der Waals surface area contributed by atoms with Crippen molar-refractivity contribution in [1.29, 1.82) is 0 Å². The molecule has 4 nitrogen and oxygen atoms in total. The molecule has 0 aromatic rings. The van der Waals surface area contributed by atoms with Gasteiger partial charge in [0.05, 0.1) is 0 Å². The Hall–Kier alpha value is -0.790. The molecule has 0 unspecified atom stereocenters. The molecule has 78 valence electrons. The van der Waals surface area contributed by atoms with Gasteiger partial charge in [-0.1, -0.05) is 6.92 Å². The molecule has 0 amide bonds. The number of hydrogen-bond donors (Lipinski definition) is 1. The fourth-order valence-electron chi connectivity index (χ4n) is 0.688. The molecule has 0 spiro atoms. The van der Waals surface area contributed by atoms with Crippen LogP contribution < -0.4 is 0 Å². The number of carboxylic acids is 1. The van der Waals surface area contributed by atoms with Crippen LogP contribution in [0.15, 0.2) is 0 Å². The molecule has 0 aromatic heterocycles. The third-order valence-electron chi connectivity index (χ3n) is 1.34. The van der Waals surface area contributed by atoms with Gasteiger partial charge < -0.3 is 5.11 Å². The molecule has 0 aliphatic rings. The number of alkyl halides is 3. The van der Waals surface area contributed by atoms with E-state index in [1.807, 2.05) is 0 Å². The molecule has 0 saturated heterocycles. The lowest BCUT2D eigenvalue weighted by Crippen LogP contribution is -2.38. The smallest absolute Gasteiger partial charge is 0.480 e. The summed E-state index contributed by atoms with van der Waals surface area (Å²) in [6, 6.07) is 0. The van der Waals surface area contributed by atoms with E-state index < -0.39 is 33.0 Å². The van der Waals surface area contributed by atoms with Gasteiger partial charge in [0.25, 0.3) is 9.84 Å². The van der Waals surface area contributed by atoms with E-state index in [4.69, 9.17) is 5.11 Å². The lowest BCUT2D eigenvalue weighted by Gasteiger charge is -2.13. The Morgan fingerprint density at radius 3 is 1.92 bits per heavy atom. The second-order valence-corrected chi connectivity index (χ2v) is 4.35. The zero-order valence-electron chi connectivity index (χ0n) is 6.50. The molecule has 13 heavy (non-hydrogen) atoms. The summed E-state index contributed by atoms with van der Waals surface area (Å²) in [5.74, 6) is -1.99. The van der Waals surface area contributed by atoms with Crippen molar-refractivity contribution in [2.24, 2.45) is 0 Å². The van der Waals surface area contributed by atoms with Gasteiger partial charge in [0.2, 0.25) is 0 Å². The van der Waals surface area contributed by atoms with Gasteiger partial charge >= 0.3 is 11.5 Å². The van der Waals surface area contributed by atoms with Gasteiger partial charge in [-0.2, -0.15) is 13.2 Å². The van der Waals surface area contributed by atoms with Crippen LogP contribution in [-0.2, 0) is 14.6 Å². The van der Waals surface area contributed by atoms with Crippen molar-refractivity contribution < 1.29 is 31.5 Å². The molecular weight excluding hydrogens is 213 g/mol. The fraction of sp³-hybridized carbons (Fsp3) is 0.800. The quantitative estimate of drug-likeness (QED) is 0.763.